The van der Waals surface area contributed by atoms with Crippen LogP contribution in [0.15, 0.2) is 53.6 Å². The average molecular weight is 398 g/mol. The number of nitrogens with one attached hydrogen (secondary N) is 1. The van der Waals surface area contributed by atoms with Crippen molar-refractivity contribution < 1.29 is 18.9 Å². The second-order valence-corrected chi connectivity index (χ2v) is 6.66. The average Bonchev–Trinajstić information content (AvgIpc) is 2.74. The summed E-state index contributed by atoms with van der Waals surface area (Å²) in [6.07, 6.45) is 2.42. The number of nitro groups is 1. The molecule has 0 aromatic heterocycles. The van der Waals surface area contributed by atoms with Crippen molar-refractivity contribution in [1.29, 1.82) is 0 Å². The van der Waals surface area contributed by atoms with Crippen molar-refractivity contribution in [3.63, 3.8) is 0 Å². The predicted octanol–water partition coefficient (Wildman–Crippen LogP) is 2.74. The highest BCUT2D eigenvalue weighted by Gasteiger charge is 2.27. The van der Waals surface area contributed by atoms with Crippen molar-refractivity contribution >= 4 is 23.7 Å². The summed E-state index contributed by atoms with van der Waals surface area (Å²) in [5, 5.41) is 14.5. The standard InChI is InChI=1S/C20H19FN4O4/c21-17-5-3-16(4-6-17)20(27)24-11-9-15(10-12-24)19(26)23-22-13-14-1-7-18(8-2-14)25(28)29/h1-8,13,15H,9-12H2,(H,23,26)/b22-13-. The Bertz CT molecular complexity index is 921. The van der Waals surface area contributed by atoms with E-state index in [0.717, 1.165) is 0 Å². The molecule has 1 aliphatic rings. The van der Waals surface area contributed by atoms with Crippen molar-refractivity contribution in [3.05, 3.63) is 75.6 Å². The maximum Gasteiger partial charge on any atom is 0.269 e. The first-order valence-electron chi connectivity index (χ1n) is 9.06. The van der Waals surface area contributed by atoms with Gasteiger partial charge in [0.05, 0.1) is 11.1 Å². The van der Waals surface area contributed by atoms with Gasteiger partial charge in [-0.05, 0) is 54.8 Å². The maximum atomic E-state index is 13.0. The number of carbonyl (C=O) groups is 2. The molecule has 0 saturated carbocycles. The van der Waals surface area contributed by atoms with Crippen LogP contribution >= 0.6 is 0 Å². The molecule has 0 spiro atoms. The van der Waals surface area contributed by atoms with Crippen LogP contribution in [-0.4, -0.2) is 40.9 Å². The number of nitro benzene ring substituents is 1. The lowest BCUT2D eigenvalue weighted by Gasteiger charge is -2.31. The van der Waals surface area contributed by atoms with Crippen molar-refractivity contribution in [3.8, 4) is 0 Å². The van der Waals surface area contributed by atoms with Crippen LogP contribution in [0.2, 0.25) is 0 Å². The highest BCUT2D eigenvalue weighted by molar-refractivity contribution is 5.94. The van der Waals surface area contributed by atoms with Gasteiger partial charge in [-0.3, -0.25) is 19.7 Å². The number of piperidine rings is 1. The third-order valence-corrected chi connectivity index (χ3v) is 4.74. The van der Waals surface area contributed by atoms with E-state index in [1.165, 1.54) is 54.7 Å². The number of benzene rings is 2. The number of hydrogen-bond acceptors (Lipinski definition) is 5. The molecule has 0 radical (unpaired) electrons. The Balaban J connectivity index is 1.47. The van der Waals surface area contributed by atoms with E-state index in [-0.39, 0.29) is 23.4 Å². The summed E-state index contributed by atoms with van der Waals surface area (Å²) in [6, 6.07) is 11.2. The van der Waals surface area contributed by atoms with E-state index in [0.29, 0.717) is 37.1 Å². The quantitative estimate of drug-likeness (QED) is 0.475. The highest BCUT2D eigenvalue weighted by atomic mass is 19.1. The number of carbonyl (C=O) groups excluding carboxylic acids is 2. The van der Waals surface area contributed by atoms with E-state index in [2.05, 4.69) is 10.5 Å². The molecule has 1 fully saturated rings. The monoisotopic (exact) mass is 398 g/mol. The molecule has 1 heterocycles. The molecule has 8 nitrogen and oxygen atoms in total. The van der Waals surface area contributed by atoms with Gasteiger partial charge in [0.2, 0.25) is 5.91 Å². The molecule has 1 saturated heterocycles. The van der Waals surface area contributed by atoms with Crippen LogP contribution < -0.4 is 5.43 Å². The Morgan fingerprint density at radius 2 is 1.72 bits per heavy atom. The number of non-ortho nitro benzene ring substituents is 1. The van der Waals surface area contributed by atoms with Crippen LogP contribution in [0.25, 0.3) is 0 Å². The summed E-state index contributed by atoms with van der Waals surface area (Å²) in [5.74, 6) is -1.08. The first-order chi connectivity index (χ1) is 13.9. The number of hydrazone groups is 1. The zero-order chi connectivity index (χ0) is 20.8. The molecule has 1 N–H and O–H groups in total. The molecule has 2 aromatic rings. The number of nitrogens with zero attached hydrogens (tertiary/aromatic N) is 3. The molecule has 3 rings (SSSR count). The summed E-state index contributed by atoms with van der Waals surface area (Å²) in [7, 11) is 0. The van der Waals surface area contributed by atoms with Gasteiger partial charge >= 0.3 is 0 Å². The summed E-state index contributed by atoms with van der Waals surface area (Å²) >= 11 is 0. The molecule has 0 aliphatic carbocycles. The van der Waals surface area contributed by atoms with Crippen LogP contribution in [0.3, 0.4) is 0 Å². The van der Waals surface area contributed by atoms with Gasteiger partial charge in [-0.15, -0.1) is 0 Å². The largest absolute Gasteiger partial charge is 0.339 e. The molecule has 9 heteroatoms. The van der Waals surface area contributed by atoms with Crippen molar-refractivity contribution in [2.45, 2.75) is 12.8 Å². The maximum absolute atomic E-state index is 13.0. The van der Waals surface area contributed by atoms with E-state index in [1.54, 1.807) is 4.90 Å². The van der Waals surface area contributed by atoms with Gasteiger partial charge in [-0.2, -0.15) is 5.10 Å². The van der Waals surface area contributed by atoms with E-state index < -0.39 is 10.7 Å². The Kier molecular flexibility index (Phi) is 6.28. The molecule has 150 valence electrons. The minimum atomic E-state index is -0.490. The number of halogens is 1. The fraction of sp³-hybridized carbons (Fsp3) is 0.250. The molecule has 0 atom stereocenters. The Labute approximate surface area is 166 Å². The number of rotatable bonds is 5. The summed E-state index contributed by atoms with van der Waals surface area (Å²) in [5.41, 5.74) is 3.49. The highest BCUT2D eigenvalue weighted by Crippen LogP contribution is 2.19. The smallest absolute Gasteiger partial charge is 0.269 e. The van der Waals surface area contributed by atoms with Crippen molar-refractivity contribution in [2.75, 3.05) is 13.1 Å². The summed E-state index contributed by atoms with van der Waals surface area (Å²) in [4.78, 5) is 36.5. The first-order valence-corrected chi connectivity index (χ1v) is 9.06. The predicted molar refractivity (Wildman–Crippen MR) is 104 cm³/mol. The zero-order valence-electron chi connectivity index (χ0n) is 15.5. The molecular weight excluding hydrogens is 379 g/mol. The third-order valence-electron chi connectivity index (χ3n) is 4.74. The number of likely N-dealkylation sites (tertiary alicyclic amines) is 1. The van der Waals surface area contributed by atoms with Gasteiger partial charge in [0.25, 0.3) is 11.6 Å². The Morgan fingerprint density at radius 3 is 2.31 bits per heavy atom. The Morgan fingerprint density at radius 1 is 1.10 bits per heavy atom. The van der Waals surface area contributed by atoms with Crippen LogP contribution in [-0.2, 0) is 4.79 Å². The van der Waals surface area contributed by atoms with Crippen LogP contribution in [0.5, 0.6) is 0 Å². The molecular formula is C20H19FN4O4. The molecule has 0 unspecified atom stereocenters. The van der Waals surface area contributed by atoms with Gasteiger partial charge in [-0.25, -0.2) is 9.82 Å². The fourth-order valence-electron chi connectivity index (χ4n) is 3.06. The molecule has 2 aromatic carbocycles. The number of hydrogen-bond donors (Lipinski definition) is 1. The summed E-state index contributed by atoms with van der Waals surface area (Å²) in [6.45, 7) is 0.862. The van der Waals surface area contributed by atoms with Crippen LogP contribution in [0.4, 0.5) is 10.1 Å². The molecule has 2 amide bonds. The van der Waals surface area contributed by atoms with E-state index in [1.807, 2.05) is 0 Å². The third kappa shape index (κ3) is 5.22. The van der Waals surface area contributed by atoms with Gasteiger partial charge in [0, 0.05) is 36.7 Å². The first kappa shape index (κ1) is 20.1. The summed E-state index contributed by atoms with van der Waals surface area (Å²) < 4.78 is 13.0. The van der Waals surface area contributed by atoms with Crippen LogP contribution in [0, 0.1) is 21.8 Å². The van der Waals surface area contributed by atoms with E-state index in [4.69, 9.17) is 0 Å². The minimum Gasteiger partial charge on any atom is -0.339 e. The lowest BCUT2D eigenvalue weighted by molar-refractivity contribution is -0.384. The minimum absolute atomic E-state index is 0.0203. The van der Waals surface area contributed by atoms with Gasteiger partial charge in [-0.1, -0.05) is 0 Å². The van der Waals surface area contributed by atoms with Crippen LogP contribution in [0.1, 0.15) is 28.8 Å². The van der Waals surface area contributed by atoms with Gasteiger partial charge in [0.15, 0.2) is 0 Å². The number of amides is 2. The normalized spacial score (nSPS) is 14.7. The second kappa shape index (κ2) is 9.05. The van der Waals surface area contributed by atoms with E-state index in [9.17, 15) is 24.1 Å². The second-order valence-electron chi connectivity index (χ2n) is 6.66. The van der Waals surface area contributed by atoms with E-state index >= 15 is 0 Å². The van der Waals surface area contributed by atoms with Gasteiger partial charge in [0.1, 0.15) is 5.82 Å². The zero-order valence-corrected chi connectivity index (χ0v) is 15.5. The van der Waals surface area contributed by atoms with Crippen molar-refractivity contribution in [2.24, 2.45) is 11.0 Å². The van der Waals surface area contributed by atoms with Crippen molar-refractivity contribution in [1.82, 2.24) is 10.3 Å². The Hall–Kier alpha value is -3.62. The van der Waals surface area contributed by atoms with Gasteiger partial charge < -0.3 is 4.90 Å². The lowest BCUT2D eigenvalue weighted by Crippen LogP contribution is -2.42. The SMILES string of the molecule is O=C(N/N=C\c1ccc([N+](=O)[O-])cc1)C1CCN(C(=O)c2ccc(F)cc2)CC1. The fourth-order valence-corrected chi connectivity index (χ4v) is 3.06. The molecule has 29 heavy (non-hydrogen) atoms. The molecule has 1 aliphatic heterocycles. The lowest BCUT2D eigenvalue weighted by atomic mass is 9.95. The molecule has 0 bridgehead atoms. The topological polar surface area (TPSA) is 105 Å².